The molecule has 6 heteroatoms. The molecule has 1 aromatic heterocycles. The van der Waals surface area contributed by atoms with Crippen LogP contribution >= 0.6 is 23.8 Å². The first-order valence-corrected chi connectivity index (χ1v) is 5.04. The van der Waals surface area contributed by atoms with E-state index in [-0.39, 0.29) is 5.69 Å². The van der Waals surface area contributed by atoms with Gasteiger partial charge in [-0.3, -0.25) is 5.10 Å². The maximum Gasteiger partial charge on any atom is 0.347 e. The van der Waals surface area contributed by atoms with Gasteiger partial charge in [0.05, 0.1) is 5.69 Å². The van der Waals surface area contributed by atoms with Crippen LogP contribution in [0.1, 0.15) is 5.56 Å². The van der Waals surface area contributed by atoms with Gasteiger partial charge in [0, 0.05) is 5.02 Å². The number of aromatic nitrogens is 3. The number of aryl methyl sites for hydroxylation is 1. The molecular formula is C9H8ClN3OS. The van der Waals surface area contributed by atoms with Crippen molar-refractivity contribution in [2.24, 2.45) is 0 Å². The van der Waals surface area contributed by atoms with Gasteiger partial charge in [-0.05, 0) is 36.8 Å². The van der Waals surface area contributed by atoms with Gasteiger partial charge in [-0.15, -0.1) is 0 Å². The van der Waals surface area contributed by atoms with Crippen LogP contribution in [0.5, 0.6) is 0 Å². The van der Waals surface area contributed by atoms with Crippen LogP contribution in [0.15, 0.2) is 23.0 Å². The molecule has 0 bridgehead atoms. The van der Waals surface area contributed by atoms with E-state index in [9.17, 15) is 4.79 Å². The summed E-state index contributed by atoms with van der Waals surface area (Å²) in [5.41, 5.74) is 1.32. The summed E-state index contributed by atoms with van der Waals surface area (Å²) in [4.78, 5) is 11.5. The number of benzene rings is 1. The highest BCUT2D eigenvalue weighted by atomic mass is 35.5. The molecule has 0 fully saturated rings. The van der Waals surface area contributed by atoms with E-state index >= 15 is 0 Å². The fraction of sp³-hybridized carbons (Fsp3) is 0.111. The molecular weight excluding hydrogens is 234 g/mol. The maximum absolute atomic E-state index is 11.5. The molecule has 2 rings (SSSR count). The van der Waals surface area contributed by atoms with E-state index in [0.717, 1.165) is 5.56 Å². The van der Waals surface area contributed by atoms with Crippen molar-refractivity contribution in [1.29, 1.82) is 0 Å². The molecule has 0 saturated carbocycles. The summed E-state index contributed by atoms with van der Waals surface area (Å²) in [6, 6.07) is 5.31. The van der Waals surface area contributed by atoms with Crippen molar-refractivity contribution in [3.8, 4) is 5.69 Å². The summed E-state index contributed by atoms with van der Waals surface area (Å²) < 4.78 is 1.70. The molecule has 0 aliphatic heterocycles. The maximum atomic E-state index is 11.5. The lowest BCUT2D eigenvalue weighted by Gasteiger charge is -2.04. The van der Waals surface area contributed by atoms with Crippen molar-refractivity contribution in [1.82, 2.24) is 14.8 Å². The van der Waals surface area contributed by atoms with Crippen molar-refractivity contribution in [3.63, 3.8) is 0 Å². The molecule has 15 heavy (non-hydrogen) atoms. The summed E-state index contributed by atoms with van der Waals surface area (Å²) in [5.74, 6) is 0. The zero-order valence-electron chi connectivity index (χ0n) is 7.87. The van der Waals surface area contributed by atoms with Crippen molar-refractivity contribution in [3.05, 3.63) is 44.0 Å². The van der Waals surface area contributed by atoms with E-state index in [2.05, 4.69) is 10.2 Å². The summed E-state index contributed by atoms with van der Waals surface area (Å²) in [5, 5.41) is 5.56. The molecule has 78 valence electrons. The van der Waals surface area contributed by atoms with Crippen molar-refractivity contribution < 1.29 is 0 Å². The van der Waals surface area contributed by atoms with Crippen molar-refractivity contribution in [2.45, 2.75) is 6.92 Å². The number of hydrogen-bond donors (Lipinski definition) is 2. The molecule has 0 aliphatic rings. The van der Waals surface area contributed by atoms with E-state index in [1.807, 2.05) is 13.0 Å². The highest BCUT2D eigenvalue weighted by Crippen LogP contribution is 2.17. The lowest BCUT2D eigenvalue weighted by Crippen LogP contribution is -2.15. The highest BCUT2D eigenvalue weighted by molar-refractivity contribution is 7.71. The largest absolute Gasteiger partial charge is 0.347 e. The molecule has 1 heterocycles. The molecule has 0 amide bonds. The first kappa shape index (κ1) is 10.2. The van der Waals surface area contributed by atoms with E-state index in [0.29, 0.717) is 15.5 Å². The first-order valence-electron chi connectivity index (χ1n) is 4.26. The number of halogens is 1. The molecule has 2 aromatic rings. The number of H-pyrrole nitrogens is 2. The lowest BCUT2D eigenvalue weighted by atomic mass is 10.2. The molecule has 0 aliphatic carbocycles. The third kappa shape index (κ3) is 1.75. The Labute approximate surface area is 95.5 Å². The Morgan fingerprint density at radius 3 is 2.73 bits per heavy atom. The molecule has 0 radical (unpaired) electrons. The fourth-order valence-electron chi connectivity index (χ4n) is 1.35. The zero-order valence-corrected chi connectivity index (χ0v) is 9.45. The van der Waals surface area contributed by atoms with Crippen molar-refractivity contribution in [2.75, 3.05) is 0 Å². The van der Waals surface area contributed by atoms with Gasteiger partial charge < -0.3 is 0 Å². The van der Waals surface area contributed by atoms with E-state index in [1.165, 1.54) is 4.57 Å². The number of nitrogens with zero attached hydrogens (tertiary/aromatic N) is 1. The molecule has 0 saturated heterocycles. The zero-order chi connectivity index (χ0) is 11.0. The van der Waals surface area contributed by atoms with E-state index < -0.39 is 0 Å². The minimum atomic E-state index is -0.301. The van der Waals surface area contributed by atoms with Crippen LogP contribution in [0.2, 0.25) is 5.02 Å². The summed E-state index contributed by atoms with van der Waals surface area (Å²) in [6.45, 7) is 1.89. The molecule has 0 unspecified atom stereocenters. The van der Waals surface area contributed by atoms with Crippen LogP contribution < -0.4 is 5.69 Å². The Morgan fingerprint density at radius 1 is 1.40 bits per heavy atom. The number of rotatable bonds is 1. The summed E-state index contributed by atoms with van der Waals surface area (Å²) in [6.07, 6.45) is 0. The van der Waals surface area contributed by atoms with Crippen LogP contribution in [-0.2, 0) is 0 Å². The van der Waals surface area contributed by atoms with Gasteiger partial charge in [-0.25, -0.2) is 14.5 Å². The number of nitrogens with one attached hydrogen (secondary N) is 2. The summed E-state index contributed by atoms with van der Waals surface area (Å²) in [7, 11) is 0. The standard InChI is InChI=1S/C9H8ClN3OS/c1-5-2-3-6(10)4-7(5)13-8(14)11-12-9(13)15/h2-4H,1H3,(H,11,14)(H,12,15). The normalized spacial score (nSPS) is 10.5. The Morgan fingerprint density at radius 2 is 2.13 bits per heavy atom. The van der Waals surface area contributed by atoms with Gasteiger partial charge in [-0.2, -0.15) is 0 Å². The minimum Gasteiger partial charge on any atom is -0.272 e. The smallest absolute Gasteiger partial charge is 0.272 e. The predicted octanol–water partition coefficient (Wildman–Crippen LogP) is 2.19. The van der Waals surface area contributed by atoms with Gasteiger partial charge in [0.1, 0.15) is 0 Å². The van der Waals surface area contributed by atoms with Crippen LogP contribution in [0.3, 0.4) is 0 Å². The Balaban J connectivity index is 2.79. The molecule has 4 nitrogen and oxygen atoms in total. The minimum absolute atomic E-state index is 0.301. The first-order chi connectivity index (χ1) is 7.09. The third-order valence-corrected chi connectivity index (χ3v) is 2.61. The second-order valence-electron chi connectivity index (χ2n) is 3.13. The topological polar surface area (TPSA) is 53.6 Å². The van der Waals surface area contributed by atoms with Crippen LogP contribution in [-0.4, -0.2) is 14.8 Å². The Bertz CT molecular complexity index is 583. The van der Waals surface area contributed by atoms with Gasteiger partial charge in [0.15, 0.2) is 0 Å². The second kappa shape index (κ2) is 3.67. The quantitative estimate of drug-likeness (QED) is 0.752. The monoisotopic (exact) mass is 241 g/mol. The van der Waals surface area contributed by atoms with Gasteiger partial charge in [0.2, 0.25) is 4.77 Å². The second-order valence-corrected chi connectivity index (χ2v) is 3.95. The van der Waals surface area contributed by atoms with Gasteiger partial charge in [0.25, 0.3) is 0 Å². The van der Waals surface area contributed by atoms with Crippen LogP contribution in [0.4, 0.5) is 0 Å². The van der Waals surface area contributed by atoms with Gasteiger partial charge in [-0.1, -0.05) is 17.7 Å². The average Bonchev–Trinajstić information content (AvgIpc) is 2.51. The highest BCUT2D eigenvalue weighted by Gasteiger charge is 2.06. The van der Waals surface area contributed by atoms with E-state index in [4.69, 9.17) is 23.8 Å². The molecule has 2 N–H and O–H groups in total. The van der Waals surface area contributed by atoms with Gasteiger partial charge >= 0.3 is 5.69 Å². The summed E-state index contributed by atoms with van der Waals surface area (Å²) >= 11 is 10.9. The third-order valence-electron chi connectivity index (χ3n) is 2.09. The Kier molecular flexibility index (Phi) is 2.50. The van der Waals surface area contributed by atoms with E-state index in [1.54, 1.807) is 12.1 Å². The number of aromatic amines is 2. The van der Waals surface area contributed by atoms with Crippen molar-refractivity contribution >= 4 is 23.8 Å². The molecule has 0 spiro atoms. The molecule has 1 aromatic carbocycles. The number of hydrogen-bond acceptors (Lipinski definition) is 2. The van der Waals surface area contributed by atoms with Crippen LogP contribution in [0, 0.1) is 11.7 Å². The Hall–Kier alpha value is -1.33. The lowest BCUT2D eigenvalue weighted by molar-refractivity contribution is 0.964. The average molecular weight is 242 g/mol. The predicted molar refractivity (Wildman–Crippen MR) is 61.3 cm³/mol. The van der Waals surface area contributed by atoms with Crippen LogP contribution in [0.25, 0.3) is 5.69 Å². The fourth-order valence-corrected chi connectivity index (χ4v) is 1.75. The molecule has 0 atom stereocenters. The SMILES string of the molecule is Cc1ccc(Cl)cc1-n1c(=O)[nH][nH]c1=S.